The normalized spacial score (nSPS) is 12.5. The summed E-state index contributed by atoms with van der Waals surface area (Å²) in [6, 6.07) is 0. The summed E-state index contributed by atoms with van der Waals surface area (Å²) in [5.74, 6) is 0. The van der Waals surface area contributed by atoms with Gasteiger partial charge >= 0.3 is 0 Å². The lowest BCUT2D eigenvalue weighted by Gasteiger charge is -2.20. The Bertz CT molecular complexity index is 140. The molecular formula is C3H9BrNO2PS2. The summed E-state index contributed by atoms with van der Waals surface area (Å²) in [5, 5.41) is 0. The molecular weight excluding hydrogens is 257 g/mol. The Labute approximate surface area is 77.4 Å². The van der Waals surface area contributed by atoms with Crippen LogP contribution in [0.5, 0.6) is 0 Å². The van der Waals surface area contributed by atoms with E-state index in [0.717, 1.165) is 16.8 Å². The van der Waals surface area contributed by atoms with Crippen LogP contribution in [0, 0.1) is 0 Å². The summed E-state index contributed by atoms with van der Waals surface area (Å²) in [7, 11) is 1.09. The zero-order valence-electron chi connectivity index (χ0n) is 5.40. The predicted molar refractivity (Wildman–Crippen MR) is 52.2 cm³/mol. The molecule has 10 heavy (non-hydrogen) atoms. The number of hydrogen-bond acceptors (Lipinski definition) is 2. The molecule has 0 atom stereocenters. The van der Waals surface area contributed by atoms with Crippen LogP contribution in [0.15, 0.2) is 0 Å². The van der Waals surface area contributed by atoms with Crippen LogP contribution in [0.1, 0.15) is 13.3 Å². The first-order valence-electron chi connectivity index (χ1n) is 2.64. The van der Waals surface area contributed by atoms with Gasteiger partial charge in [-0.2, -0.15) is 4.08 Å². The van der Waals surface area contributed by atoms with Crippen LogP contribution < -0.4 is 0 Å². The SMILES string of the molecule is CCCN(SBr)P(O)(O)=S. The van der Waals surface area contributed by atoms with E-state index in [9.17, 15) is 0 Å². The highest BCUT2D eigenvalue weighted by Crippen LogP contribution is 2.47. The Balaban J connectivity index is 3.94. The molecule has 0 aromatic rings. The average Bonchev–Trinajstić information content (AvgIpc) is 1.80. The summed E-state index contributed by atoms with van der Waals surface area (Å²) in [4.78, 5) is 17.9. The van der Waals surface area contributed by atoms with Gasteiger partial charge in [0.25, 0.3) is 6.64 Å². The van der Waals surface area contributed by atoms with Crippen molar-refractivity contribution in [3.8, 4) is 0 Å². The van der Waals surface area contributed by atoms with E-state index in [1.165, 1.54) is 4.08 Å². The lowest BCUT2D eigenvalue weighted by molar-refractivity contribution is 0.423. The highest BCUT2D eigenvalue weighted by molar-refractivity contribution is 9.50. The number of rotatable bonds is 4. The highest BCUT2D eigenvalue weighted by Gasteiger charge is 2.18. The van der Waals surface area contributed by atoms with Crippen molar-refractivity contribution in [1.29, 1.82) is 0 Å². The van der Waals surface area contributed by atoms with Gasteiger partial charge in [-0.3, -0.25) is 0 Å². The smallest absolute Gasteiger partial charge is 0.269 e. The quantitative estimate of drug-likeness (QED) is 0.600. The van der Waals surface area contributed by atoms with E-state index in [1.54, 1.807) is 0 Å². The van der Waals surface area contributed by atoms with Crippen LogP contribution >= 0.6 is 31.8 Å². The molecule has 0 amide bonds. The number of nitrogens with zero attached hydrogens (tertiary/aromatic N) is 1. The molecule has 0 saturated carbocycles. The molecule has 62 valence electrons. The first kappa shape index (κ1) is 11.4. The van der Waals surface area contributed by atoms with Crippen LogP contribution in [-0.4, -0.2) is 20.4 Å². The fraction of sp³-hybridized carbons (Fsp3) is 1.00. The van der Waals surface area contributed by atoms with Crippen molar-refractivity contribution >= 4 is 43.6 Å². The van der Waals surface area contributed by atoms with Gasteiger partial charge in [0.1, 0.15) is 0 Å². The molecule has 2 N–H and O–H groups in total. The fourth-order valence-electron chi connectivity index (χ4n) is 0.396. The first-order valence-corrected chi connectivity index (χ1v) is 7.92. The highest BCUT2D eigenvalue weighted by atomic mass is 79.9. The largest absolute Gasteiger partial charge is 0.333 e. The number of halogens is 1. The molecule has 0 rings (SSSR count). The van der Waals surface area contributed by atoms with E-state index in [4.69, 9.17) is 9.79 Å². The molecule has 0 unspecified atom stereocenters. The van der Waals surface area contributed by atoms with Crippen LogP contribution in [0.3, 0.4) is 0 Å². The molecule has 0 bridgehead atoms. The predicted octanol–water partition coefficient (Wildman–Crippen LogP) is 1.87. The Kier molecular flexibility index (Phi) is 5.78. The monoisotopic (exact) mass is 265 g/mol. The molecule has 0 aliphatic carbocycles. The minimum absolute atomic E-state index is 0.584. The van der Waals surface area contributed by atoms with E-state index < -0.39 is 6.64 Å². The molecule has 3 nitrogen and oxygen atoms in total. The van der Waals surface area contributed by atoms with Crippen molar-refractivity contribution in [2.24, 2.45) is 0 Å². The van der Waals surface area contributed by atoms with Gasteiger partial charge in [0.2, 0.25) is 0 Å². The van der Waals surface area contributed by atoms with E-state index in [-0.39, 0.29) is 0 Å². The minimum atomic E-state index is -3.21. The third-order valence-corrected chi connectivity index (χ3v) is 5.46. The van der Waals surface area contributed by atoms with E-state index in [0.29, 0.717) is 6.54 Å². The second-order valence-corrected chi connectivity index (χ2v) is 6.36. The molecule has 0 fully saturated rings. The van der Waals surface area contributed by atoms with Crippen molar-refractivity contribution < 1.29 is 9.79 Å². The van der Waals surface area contributed by atoms with Crippen LogP contribution in [0.2, 0.25) is 0 Å². The zero-order chi connectivity index (χ0) is 8.20. The summed E-state index contributed by atoms with van der Waals surface area (Å²) in [6.45, 7) is -0.680. The summed E-state index contributed by atoms with van der Waals surface area (Å²) in [5.41, 5.74) is 0. The van der Waals surface area contributed by atoms with Crippen LogP contribution in [0.4, 0.5) is 0 Å². The maximum atomic E-state index is 8.97. The summed E-state index contributed by atoms with van der Waals surface area (Å²) < 4.78 is 1.36. The zero-order valence-corrected chi connectivity index (χ0v) is 9.51. The van der Waals surface area contributed by atoms with Gasteiger partial charge < -0.3 is 9.79 Å². The molecule has 0 aromatic carbocycles. The third-order valence-electron chi connectivity index (χ3n) is 0.785. The molecule has 0 aliphatic rings. The van der Waals surface area contributed by atoms with Gasteiger partial charge in [-0.15, -0.1) is 0 Å². The Hall–Kier alpha value is 1.36. The summed E-state index contributed by atoms with van der Waals surface area (Å²) >= 11 is 7.50. The fourth-order valence-corrected chi connectivity index (χ4v) is 4.81. The maximum Gasteiger partial charge on any atom is 0.269 e. The second-order valence-electron chi connectivity index (χ2n) is 1.66. The number of hydrogen-bond donors (Lipinski definition) is 2. The Morgan fingerprint density at radius 2 is 2.20 bits per heavy atom. The Morgan fingerprint density at radius 3 is 2.30 bits per heavy atom. The van der Waals surface area contributed by atoms with Crippen LogP contribution in [-0.2, 0) is 11.8 Å². The molecule has 7 heteroatoms. The van der Waals surface area contributed by atoms with Crippen LogP contribution in [0.25, 0.3) is 0 Å². The van der Waals surface area contributed by atoms with Gasteiger partial charge in [0, 0.05) is 31.7 Å². The molecule has 0 saturated heterocycles. The van der Waals surface area contributed by atoms with Crippen molar-refractivity contribution in [2.45, 2.75) is 13.3 Å². The van der Waals surface area contributed by atoms with Crippen molar-refractivity contribution in [3.05, 3.63) is 0 Å². The van der Waals surface area contributed by atoms with Gasteiger partial charge in [-0.25, -0.2) is 0 Å². The van der Waals surface area contributed by atoms with E-state index in [2.05, 4.69) is 26.6 Å². The van der Waals surface area contributed by atoms with Crippen molar-refractivity contribution in [3.63, 3.8) is 0 Å². The van der Waals surface area contributed by atoms with Gasteiger partial charge in [0.15, 0.2) is 0 Å². The van der Waals surface area contributed by atoms with E-state index in [1.807, 2.05) is 6.92 Å². The lowest BCUT2D eigenvalue weighted by Crippen LogP contribution is -2.10. The van der Waals surface area contributed by atoms with Crippen molar-refractivity contribution in [2.75, 3.05) is 6.54 Å². The van der Waals surface area contributed by atoms with Gasteiger partial charge in [-0.1, -0.05) is 6.92 Å². The Morgan fingerprint density at radius 1 is 1.70 bits per heavy atom. The third kappa shape index (κ3) is 4.28. The molecule has 0 aromatic heterocycles. The van der Waals surface area contributed by atoms with Gasteiger partial charge in [0.05, 0.1) is 0 Å². The molecule has 0 spiro atoms. The molecule has 0 aliphatic heterocycles. The topological polar surface area (TPSA) is 43.7 Å². The molecule has 0 heterocycles. The van der Waals surface area contributed by atoms with Crippen molar-refractivity contribution in [1.82, 2.24) is 4.08 Å². The van der Waals surface area contributed by atoms with Gasteiger partial charge in [-0.05, 0) is 18.2 Å². The standard InChI is InChI=1S/C3H9BrNO2PS2/c1-2-3-5(10-4)8(6,7)9/h2-3H2,1H3,(H2,6,7,9). The lowest BCUT2D eigenvalue weighted by atomic mass is 10.5. The summed E-state index contributed by atoms with van der Waals surface area (Å²) in [6.07, 6.45) is 0.845. The van der Waals surface area contributed by atoms with E-state index >= 15 is 0 Å². The first-order chi connectivity index (χ1) is 4.52. The maximum absolute atomic E-state index is 8.97. The minimum Gasteiger partial charge on any atom is -0.333 e. The molecule has 0 radical (unpaired) electrons. The average molecular weight is 266 g/mol. The second kappa shape index (κ2) is 5.09.